The van der Waals surface area contributed by atoms with Crippen molar-refractivity contribution in [2.75, 3.05) is 5.32 Å². The van der Waals surface area contributed by atoms with Gasteiger partial charge in [0.1, 0.15) is 5.76 Å². The van der Waals surface area contributed by atoms with Gasteiger partial charge < -0.3 is 9.73 Å². The van der Waals surface area contributed by atoms with Crippen LogP contribution in [0.25, 0.3) is 0 Å². The van der Waals surface area contributed by atoms with Gasteiger partial charge >= 0.3 is 0 Å². The third-order valence-corrected chi connectivity index (χ3v) is 5.33. The van der Waals surface area contributed by atoms with E-state index in [1.807, 2.05) is 31.2 Å². The van der Waals surface area contributed by atoms with E-state index >= 15 is 0 Å². The Labute approximate surface area is 158 Å². The van der Waals surface area contributed by atoms with Gasteiger partial charge in [-0.1, -0.05) is 35.9 Å². The fourth-order valence-corrected chi connectivity index (χ4v) is 3.54. The van der Waals surface area contributed by atoms with Gasteiger partial charge in [-0.15, -0.1) is 0 Å². The molecule has 1 aromatic heterocycles. The zero-order valence-corrected chi connectivity index (χ0v) is 15.6. The maximum atomic E-state index is 12.4. The van der Waals surface area contributed by atoms with Crippen LogP contribution in [-0.4, -0.2) is 14.3 Å². The fraction of sp³-hybridized carbons (Fsp3) is 0.150. The van der Waals surface area contributed by atoms with E-state index in [0.717, 1.165) is 11.1 Å². The van der Waals surface area contributed by atoms with Crippen molar-refractivity contribution < 1.29 is 17.6 Å². The molecule has 140 valence electrons. The monoisotopic (exact) mass is 384 g/mol. The van der Waals surface area contributed by atoms with E-state index in [2.05, 4.69) is 10.0 Å². The second-order valence-electron chi connectivity index (χ2n) is 6.14. The number of aryl methyl sites for hydroxylation is 1. The van der Waals surface area contributed by atoms with Crippen LogP contribution in [0.4, 0.5) is 5.69 Å². The van der Waals surface area contributed by atoms with Crippen LogP contribution >= 0.6 is 0 Å². The molecule has 0 aliphatic heterocycles. The maximum absolute atomic E-state index is 12.4. The molecule has 7 heteroatoms. The smallest absolute Gasteiger partial charge is 0.241 e. The first kappa shape index (κ1) is 18.9. The Bertz CT molecular complexity index is 1010. The first-order valence-electron chi connectivity index (χ1n) is 8.40. The average molecular weight is 384 g/mol. The lowest BCUT2D eigenvalue weighted by Gasteiger charge is -2.09. The average Bonchev–Trinajstić information content (AvgIpc) is 3.16. The Balaban J connectivity index is 1.65. The Morgan fingerprint density at radius 1 is 1.04 bits per heavy atom. The molecular formula is C20H20N2O4S. The standard InChI is InChI=1S/C20H20N2O4S/c1-15-7-9-16(10-8-15)12-20(23)22-17-4-2-6-19(13-17)27(24,25)21-14-18-5-3-11-26-18/h2-11,13,21H,12,14H2,1H3,(H,22,23). The summed E-state index contributed by atoms with van der Waals surface area (Å²) in [5.41, 5.74) is 2.44. The summed E-state index contributed by atoms with van der Waals surface area (Å²) in [6.07, 6.45) is 1.70. The number of sulfonamides is 1. The molecule has 6 nitrogen and oxygen atoms in total. The number of rotatable bonds is 7. The third kappa shape index (κ3) is 5.29. The Morgan fingerprint density at radius 2 is 1.81 bits per heavy atom. The van der Waals surface area contributed by atoms with Crippen LogP contribution in [-0.2, 0) is 27.8 Å². The van der Waals surface area contributed by atoms with Gasteiger partial charge in [0, 0.05) is 5.69 Å². The molecule has 0 aliphatic rings. The summed E-state index contributed by atoms with van der Waals surface area (Å²) in [6, 6.07) is 17.2. The zero-order chi connectivity index (χ0) is 19.3. The molecule has 0 radical (unpaired) electrons. The van der Waals surface area contributed by atoms with Gasteiger partial charge in [0.15, 0.2) is 0 Å². The van der Waals surface area contributed by atoms with Crippen LogP contribution in [0.2, 0.25) is 0 Å². The molecule has 0 bridgehead atoms. The van der Waals surface area contributed by atoms with E-state index in [9.17, 15) is 13.2 Å². The summed E-state index contributed by atoms with van der Waals surface area (Å²) in [6.45, 7) is 2.04. The number of hydrogen-bond acceptors (Lipinski definition) is 4. The van der Waals surface area contributed by atoms with Crippen molar-refractivity contribution in [3.05, 3.63) is 83.8 Å². The lowest BCUT2D eigenvalue weighted by molar-refractivity contribution is -0.115. The normalized spacial score (nSPS) is 11.3. The summed E-state index contributed by atoms with van der Waals surface area (Å²) >= 11 is 0. The van der Waals surface area contributed by atoms with Gasteiger partial charge in [0.25, 0.3) is 0 Å². The second kappa shape index (κ2) is 8.20. The molecule has 3 aromatic rings. The molecule has 0 saturated heterocycles. The molecule has 0 atom stereocenters. The third-order valence-electron chi connectivity index (χ3n) is 3.93. The van der Waals surface area contributed by atoms with Crippen molar-refractivity contribution in [1.29, 1.82) is 0 Å². The molecule has 0 fully saturated rings. The predicted octanol–water partition coefficient (Wildman–Crippen LogP) is 3.25. The number of amides is 1. The summed E-state index contributed by atoms with van der Waals surface area (Å²) in [4.78, 5) is 12.3. The van der Waals surface area contributed by atoms with Crippen molar-refractivity contribution in [1.82, 2.24) is 4.72 Å². The lowest BCUT2D eigenvalue weighted by Crippen LogP contribution is -2.23. The van der Waals surface area contributed by atoms with Crippen molar-refractivity contribution in [3.63, 3.8) is 0 Å². The van der Waals surface area contributed by atoms with Crippen LogP contribution < -0.4 is 10.0 Å². The molecule has 0 unspecified atom stereocenters. The molecule has 2 aromatic carbocycles. The van der Waals surface area contributed by atoms with Gasteiger partial charge in [-0.05, 0) is 42.8 Å². The number of carbonyl (C=O) groups is 1. The van der Waals surface area contributed by atoms with Gasteiger partial charge in [0.05, 0.1) is 24.1 Å². The van der Waals surface area contributed by atoms with Crippen LogP contribution in [0.5, 0.6) is 0 Å². The molecule has 0 saturated carbocycles. The van der Waals surface area contributed by atoms with Gasteiger partial charge in [-0.2, -0.15) is 0 Å². The second-order valence-corrected chi connectivity index (χ2v) is 7.91. The predicted molar refractivity (Wildman–Crippen MR) is 103 cm³/mol. The summed E-state index contributed by atoms with van der Waals surface area (Å²) in [5.74, 6) is 0.304. The van der Waals surface area contributed by atoms with Gasteiger partial charge in [0.2, 0.25) is 15.9 Å². The number of anilines is 1. The number of benzene rings is 2. The Morgan fingerprint density at radius 3 is 2.52 bits per heavy atom. The maximum Gasteiger partial charge on any atom is 0.241 e. The SMILES string of the molecule is Cc1ccc(CC(=O)Nc2cccc(S(=O)(=O)NCc3ccco3)c2)cc1. The van der Waals surface area contributed by atoms with Crippen LogP contribution in [0.3, 0.4) is 0 Å². The minimum Gasteiger partial charge on any atom is -0.468 e. The largest absolute Gasteiger partial charge is 0.468 e. The number of hydrogen-bond donors (Lipinski definition) is 2. The van der Waals surface area contributed by atoms with Crippen LogP contribution in [0.15, 0.2) is 76.2 Å². The molecule has 3 rings (SSSR count). The first-order valence-corrected chi connectivity index (χ1v) is 9.88. The van der Waals surface area contributed by atoms with E-state index in [-0.39, 0.29) is 23.8 Å². The molecular weight excluding hydrogens is 364 g/mol. The molecule has 1 amide bonds. The highest BCUT2D eigenvalue weighted by Crippen LogP contribution is 2.16. The highest BCUT2D eigenvalue weighted by molar-refractivity contribution is 7.89. The number of carbonyl (C=O) groups excluding carboxylic acids is 1. The molecule has 0 spiro atoms. The number of nitrogens with one attached hydrogen (secondary N) is 2. The quantitative estimate of drug-likeness (QED) is 0.654. The first-order chi connectivity index (χ1) is 12.9. The van der Waals surface area contributed by atoms with Crippen molar-refractivity contribution in [3.8, 4) is 0 Å². The van der Waals surface area contributed by atoms with Crippen LogP contribution in [0, 0.1) is 6.92 Å². The fourth-order valence-electron chi connectivity index (χ4n) is 2.50. The van der Waals surface area contributed by atoms with E-state index in [1.165, 1.54) is 18.4 Å². The van der Waals surface area contributed by atoms with E-state index < -0.39 is 10.0 Å². The van der Waals surface area contributed by atoms with Crippen LogP contribution in [0.1, 0.15) is 16.9 Å². The Hall–Kier alpha value is -2.90. The van der Waals surface area contributed by atoms with E-state index in [0.29, 0.717) is 11.4 Å². The summed E-state index contributed by atoms with van der Waals surface area (Å²) in [5, 5.41) is 2.74. The number of furan rings is 1. The highest BCUT2D eigenvalue weighted by atomic mass is 32.2. The van der Waals surface area contributed by atoms with Gasteiger partial charge in [-0.3, -0.25) is 4.79 Å². The molecule has 0 aliphatic carbocycles. The topological polar surface area (TPSA) is 88.4 Å². The lowest BCUT2D eigenvalue weighted by atomic mass is 10.1. The van der Waals surface area contributed by atoms with Gasteiger partial charge in [-0.25, -0.2) is 13.1 Å². The molecule has 27 heavy (non-hydrogen) atoms. The minimum atomic E-state index is -3.72. The summed E-state index contributed by atoms with van der Waals surface area (Å²) in [7, 11) is -3.72. The van der Waals surface area contributed by atoms with E-state index in [4.69, 9.17) is 4.42 Å². The highest BCUT2D eigenvalue weighted by Gasteiger charge is 2.15. The van der Waals surface area contributed by atoms with E-state index in [1.54, 1.807) is 24.3 Å². The molecule has 1 heterocycles. The van der Waals surface area contributed by atoms with Crippen molar-refractivity contribution in [2.45, 2.75) is 24.8 Å². The molecule has 2 N–H and O–H groups in total. The minimum absolute atomic E-state index is 0.0549. The Kier molecular flexibility index (Phi) is 5.73. The summed E-state index contributed by atoms with van der Waals surface area (Å²) < 4.78 is 32.4. The van der Waals surface area contributed by atoms with Crippen molar-refractivity contribution in [2.24, 2.45) is 0 Å². The van der Waals surface area contributed by atoms with Crippen molar-refractivity contribution >= 4 is 21.6 Å². The zero-order valence-electron chi connectivity index (χ0n) is 14.8.